The summed E-state index contributed by atoms with van der Waals surface area (Å²) in [4.78, 5) is 1.50. The maximum absolute atomic E-state index is 3.66. The molecule has 14 heavy (non-hydrogen) atoms. The van der Waals surface area contributed by atoms with Crippen molar-refractivity contribution in [3.8, 4) is 0 Å². The largest absolute Gasteiger partial charge is 0.314 e. The van der Waals surface area contributed by atoms with E-state index in [0.29, 0.717) is 0 Å². The molecule has 0 aromatic carbocycles. The van der Waals surface area contributed by atoms with Crippen molar-refractivity contribution in [1.29, 1.82) is 0 Å². The van der Waals surface area contributed by atoms with Crippen LogP contribution in [0.25, 0.3) is 0 Å². The molecule has 0 saturated heterocycles. The van der Waals surface area contributed by atoms with Gasteiger partial charge in [0.25, 0.3) is 0 Å². The van der Waals surface area contributed by atoms with Crippen molar-refractivity contribution < 1.29 is 0 Å². The maximum atomic E-state index is 3.66. The lowest BCUT2D eigenvalue weighted by Crippen LogP contribution is -2.28. The first kappa shape index (κ1) is 10.2. The van der Waals surface area contributed by atoms with E-state index >= 15 is 0 Å². The first-order valence-corrected chi connectivity index (χ1v) is 6.48. The second kappa shape index (κ2) is 4.94. The zero-order valence-electron chi connectivity index (χ0n) is 8.83. The molecule has 0 radical (unpaired) electrons. The van der Waals surface area contributed by atoms with E-state index in [-0.39, 0.29) is 0 Å². The van der Waals surface area contributed by atoms with E-state index in [0.717, 1.165) is 18.5 Å². The molecule has 1 aliphatic carbocycles. The Hall–Kier alpha value is -0.340. The van der Waals surface area contributed by atoms with E-state index < -0.39 is 0 Å². The maximum Gasteiger partial charge on any atom is 0.00698 e. The highest BCUT2D eigenvalue weighted by molar-refractivity contribution is 7.09. The number of hydrogen-bond donors (Lipinski definition) is 1. The predicted octanol–water partition coefficient (Wildman–Crippen LogP) is 3.07. The van der Waals surface area contributed by atoms with Crippen LogP contribution in [0, 0.1) is 5.92 Å². The smallest absolute Gasteiger partial charge is 0.00698 e. The van der Waals surface area contributed by atoms with Gasteiger partial charge < -0.3 is 5.32 Å². The number of hydrogen-bond acceptors (Lipinski definition) is 2. The minimum Gasteiger partial charge on any atom is -0.314 e. The molecule has 0 aliphatic heterocycles. The summed E-state index contributed by atoms with van der Waals surface area (Å²) >= 11 is 1.87. The monoisotopic (exact) mass is 209 g/mol. The molecule has 0 amide bonds. The molecule has 1 aromatic heterocycles. The van der Waals surface area contributed by atoms with Gasteiger partial charge in [0.05, 0.1) is 0 Å². The van der Waals surface area contributed by atoms with E-state index in [9.17, 15) is 0 Å². The van der Waals surface area contributed by atoms with Crippen molar-refractivity contribution in [1.82, 2.24) is 5.32 Å². The van der Waals surface area contributed by atoms with Crippen LogP contribution in [0.5, 0.6) is 0 Å². The fraction of sp³-hybridized carbons (Fsp3) is 0.667. The van der Waals surface area contributed by atoms with Crippen molar-refractivity contribution in [3.05, 3.63) is 22.4 Å². The Morgan fingerprint density at radius 2 is 2.43 bits per heavy atom. The second-order valence-corrected chi connectivity index (χ2v) is 5.43. The normalized spacial score (nSPS) is 26.9. The van der Waals surface area contributed by atoms with Gasteiger partial charge in [-0.1, -0.05) is 13.0 Å². The van der Waals surface area contributed by atoms with Crippen LogP contribution in [-0.4, -0.2) is 12.6 Å². The summed E-state index contributed by atoms with van der Waals surface area (Å²) in [7, 11) is 0. The Morgan fingerprint density at radius 1 is 1.50 bits per heavy atom. The van der Waals surface area contributed by atoms with Gasteiger partial charge in [-0.15, -0.1) is 11.3 Å². The van der Waals surface area contributed by atoms with E-state index in [1.807, 2.05) is 11.3 Å². The second-order valence-electron chi connectivity index (χ2n) is 4.40. The average molecular weight is 209 g/mol. The predicted molar refractivity (Wildman–Crippen MR) is 62.8 cm³/mol. The zero-order valence-corrected chi connectivity index (χ0v) is 9.65. The number of nitrogens with one attached hydrogen (secondary N) is 1. The summed E-state index contributed by atoms with van der Waals surface area (Å²) < 4.78 is 0. The van der Waals surface area contributed by atoms with Gasteiger partial charge in [0.2, 0.25) is 0 Å². The van der Waals surface area contributed by atoms with Crippen molar-refractivity contribution in [2.24, 2.45) is 5.92 Å². The van der Waals surface area contributed by atoms with E-state index in [1.165, 1.54) is 30.6 Å². The van der Waals surface area contributed by atoms with Crippen LogP contribution < -0.4 is 5.32 Å². The Kier molecular flexibility index (Phi) is 3.60. The van der Waals surface area contributed by atoms with Gasteiger partial charge in [-0.2, -0.15) is 0 Å². The fourth-order valence-corrected chi connectivity index (χ4v) is 2.96. The van der Waals surface area contributed by atoms with Crippen LogP contribution in [0.2, 0.25) is 0 Å². The summed E-state index contributed by atoms with van der Waals surface area (Å²) in [5.41, 5.74) is 0. The summed E-state index contributed by atoms with van der Waals surface area (Å²) in [6.07, 6.45) is 5.37. The van der Waals surface area contributed by atoms with Crippen molar-refractivity contribution in [2.45, 2.75) is 38.6 Å². The molecular weight excluding hydrogens is 190 g/mol. The third kappa shape index (κ3) is 2.82. The summed E-state index contributed by atoms with van der Waals surface area (Å²) in [5, 5.41) is 5.82. The third-order valence-electron chi connectivity index (χ3n) is 3.08. The van der Waals surface area contributed by atoms with Gasteiger partial charge in [0, 0.05) is 17.5 Å². The lowest BCUT2D eigenvalue weighted by molar-refractivity contribution is 0.506. The van der Waals surface area contributed by atoms with Crippen LogP contribution in [0.1, 0.15) is 31.1 Å². The van der Waals surface area contributed by atoms with E-state index in [1.54, 1.807) is 0 Å². The number of rotatable bonds is 4. The summed E-state index contributed by atoms with van der Waals surface area (Å²) in [5.74, 6) is 0.939. The lowest BCUT2D eigenvalue weighted by Gasteiger charge is -2.11. The first-order chi connectivity index (χ1) is 6.84. The zero-order chi connectivity index (χ0) is 9.80. The quantitative estimate of drug-likeness (QED) is 0.803. The minimum absolute atomic E-state index is 0.796. The fourth-order valence-electron chi connectivity index (χ4n) is 2.25. The van der Waals surface area contributed by atoms with Crippen LogP contribution >= 0.6 is 11.3 Å². The Bertz CT molecular complexity index is 255. The summed E-state index contributed by atoms with van der Waals surface area (Å²) in [6.45, 7) is 3.51. The van der Waals surface area contributed by atoms with Gasteiger partial charge in [-0.3, -0.25) is 0 Å². The molecule has 2 rings (SSSR count). The van der Waals surface area contributed by atoms with E-state index in [2.05, 4.69) is 29.8 Å². The molecule has 1 fully saturated rings. The molecule has 0 bridgehead atoms. The molecule has 2 unspecified atom stereocenters. The van der Waals surface area contributed by atoms with Crippen molar-refractivity contribution >= 4 is 11.3 Å². The average Bonchev–Trinajstić information content (AvgIpc) is 2.77. The molecule has 0 spiro atoms. The Labute approximate surface area is 90.5 Å². The topological polar surface area (TPSA) is 12.0 Å². The van der Waals surface area contributed by atoms with Crippen molar-refractivity contribution in [2.75, 3.05) is 6.54 Å². The third-order valence-corrected chi connectivity index (χ3v) is 4.02. The SMILES string of the molecule is CC1CCC(NCCc2cccs2)C1. The van der Waals surface area contributed by atoms with Gasteiger partial charge >= 0.3 is 0 Å². The van der Waals surface area contributed by atoms with Gasteiger partial charge in [0.15, 0.2) is 0 Å². The number of thiophene rings is 1. The molecular formula is C12H19NS. The minimum atomic E-state index is 0.796. The Morgan fingerprint density at radius 3 is 3.07 bits per heavy atom. The molecule has 2 heteroatoms. The van der Waals surface area contributed by atoms with Gasteiger partial charge in [-0.25, -0.2) is 0 Å². The molecule has 2 atom stereocenters. The highest BCUT2D eigenvalue weighted by atomic mass is 32.1. The van der Waals surface area contributed by atoms with Gasteiger partial charge in [0.1, 0.15) is 0 Å². The molecule has 78 valence electrons. The highest BCUT2D eigenvalue weighted by Crippen LogP contribution is 2.24. The highest BCUT2D eigenvalue weighted by Gasteiger charge is 2.19. The van der Waals surface area contributed by atoms with Crippen molar-refractivity contribution in [3.63, 3.8) is 0 Å². The molecule has 1 heterocycles. The Balaban J connectivity index is 1.64. The van der Waals surface area contributed by atoms with E-state index in [4.69, 9.17) is 0 Å². The molecule has 1 saturated carbocycles. The molecule has 1 aliphatic rings. The lowest BCUT2D eigenvalue weighted by atomic mass is 10.1. The first-order valence-electron chi connectivity index (χ1n) is 5.60. The van der Waals surface area contributed by atoms with Crippen LogP contribution in [0.15, 0.2) is 17.5 Å². The molecule has 1 nitrogen and oxygen atoms in total. The molecule has 1 aromatic rings. The molecule has 1 N–H and O–H groups in total. The standard InChI is InChI=1S/C12H19NS/c1-10-4-5-11(9-10)13-7-6-12-3-2-8-14-12/h2-3,8,10-11,13H,4-7,9H2,1H3. The van der Waals surface area contributed by atoms with Crippen LogP contribution in [0.4, 0.5) is 0 Å². The van der Waals surface area contributed by atoms with Crippen LogP contribution in [0.3, 0.4) is 0 Å². The van der Waals surface area contributed by atoms with Gasteiger partial charge in [-0.05, 0) is 43.0 Å². The van der Waals surface area contributed by atoms with Crippen LogP contribution in [-0.2, 0) is 6.42 Å². The summed E-state index contributed by atoms with van der Waals surface area (Å²) in [6, 6.07) is 5.16.